The Labute approximate surface area is 113 Å². The van der Waals surface area contributed by atoms with Gasteiger partial charge in [-0.3, -0.25) is 5.43 Å². The van der Waals surface area contributed by atoms with Crippen molar-refractivity contribution in [3.63, 3.8) is 0 Å². The lowest BCUT2D eigenvalue weighted by atomic mass is 9.94. The molecule has 0 aliphatic carbocycles. The van der Waals surface area contributed by atoms with E-state index >= 15 is 0 Å². The average molecular weight is 258 g/mol. The SMILES string of the molecule is Cc1cc(C2=NNCOC2)ccc1C1=CCOCC1. The predicted octanol–water partition coefficient (Wildman–Crippen LogP) is 2.08. The number of nitrogens with one attached hydrogen (secondary N) is 1. The molecule has 100 valence electrons. The highest BCUT2D eigenvalue weighted by molar-refractivity contribution is 6.02. The van der Waals surface area contributed by atoms with Gasteiger partial charge in [-0.25, -0.2) is 0 Å². The molecule has 3 rings (SSSR count). The first-order valence-corrected chi connectivity index (χ1v) is 6.60. The number of benzene rings is 1. The molecule has 0 amide bonds. The third kappa shape index (κ3) is 2.69. The lowest BCUT2D eigenvalue weighted by molar-refractivity contribution is 0.140. The van der Waals surface area contributed by atoms with Crippen LogP contribution in [-0.4, -0.2) is 32.3 Å². The molecule has 0 bridgehead atoms. The molecule has 0 fully saturated rings. The summed E-state index contributed by atoms with van der Waals surface area (Å²) < 4.78 is 10.7. The van der Waals surface area contributed by atoms with Gasteiger partial charge in [-0.2, -0.15) is 5.10 Å². The lowest BCUT2D eigenvalue weighted by Crippen LogP contribution is -2.26. The summed E-state index contributed by atoms with van der Waals surface area (Å²) in [5, 5.41) is 4.29. The summed E-state index contributed by atoms with van der Waals surface area (Å²) in [5.41, 5.74) is 8.93. The normalized spacial score (nSPS) is 19.4. The summed E-state index contributed by atoms with van der Waals surface area (Å²) in [7, 11) is 0. The highest BCUT2D eigenvalue weighted by atomic mass is 16.5. The summed E-state index contributed by atoms with van der Waals surface area (Å²) in [4.78, 5) is 0. The second kappa shape index (κ2) is 5.55. The van der Waals surface area contributed by atoms with Gasteiger partial charge in [0.25, 0.3) is 0 Å². The fourth-order valence-corrected chi connectivity index (χ4v) is 2.48. The third-order valence-electron chi connectivity index (χ3n) is 3.49. The number of hydrogen-bond acceptors (Lipinski definition) is 4. The van der Waals surface area contributed by atoms with Crippen molar-refractivity contribution in [1.29, 1.82) is 0 Å². The lowest BCUT2D eigenvalue weighted by Gasteiger charge is -2.18. The molecule has 1 aromatic carbocycles. The number of hydrazone groups is 1. The molecule has 2 aliphatic heterocycles. The van der Waals surface area contributed by atoms with Crippen LogP contribution in [0.15, 0.2) is 29.4 Å². The van der Waals surface area contributed by atoms with E-state index in [0.717, 1.165) is 30.9 Å². The molecule has 0 saturated carbocycles. The van der Waals surface area contributed by atoms with Crippen molar-refractivity contribution in [2.75, 3.05) is 26.6 Å². The summed E-state index contributed by atoms with van der Waals surface area (Å²) >= 11 is 0. The van der Waals surface area contributed by atoms with Crippen LogP contribution in [-0.2, 0) is 9.47 Å². The van der Waals surface area contributed by atoms with Gasteiger partial charge in [0.1, 0.15) is 6.73 Å². The van der Waals surface area contributed by atoms with Crippen LogP contribution in [0.25, 0.3) is 5.57 Å². The van der Waals surface area contributed by atoms with E-state index in [1.165, 1.54) is 16.7 Å². The number of rotatable bonds is 2. The van der Waals surface area contributed by atoms with Crippen molar-refractivity contribution in [2.24, 2.45) is 5.10 Å². The van der Waals surface area contributed by atoms with E-state index in [9.17, 15) is 0 Å². The van der Waals surface area contributed by atoms with Crippen LogP contribution in [0.5, 0.6) is 0 Å². The first-order chi connectivity index (χ1) is 9.34. The minimum Gasteiger partial charge on any atom is -0.377 e. The molecule has 0 saturated heterocycles. The van der Waals surface area contributed by atoms with E-state index in [1.54, 1.807) is 0 Å². The van der Waals surface area contributed by atoms with Crippen LogP contribution >= 0.6 is 0 Å². The first kappa shape index (κ1) is 12.4. The largest absolute Gasteiger partial charge is 0.377 e. The molecule has 0 spiro atoms. The standard InChI is InChI=1S/C15H18N2O2/c1-11-8-13(15-9-19-10-16-17-15)2-3-14(11)12-4-6-18-7-5-12/h2-4,8,16H,5-7,9-10H2,1H3. The molecule has 4 heteroatoms. The molecule has 0 atom stereocenters. The second-order valence-electron chi connectivity index (χ2n) is 4.79. The van der Waals surface area contributed by atoms with Crippen LogP contribution in [0.2, 0.25) is 0 Å². The quantitative estimate of drug-likeness (QED) is 0.883. The molecule has 0 unspecified atom stereocenters. The molecule has 0 aromatic heterocycles. The van der Waals surface area contributed by atoms with Crippen molar-refractivity contribution in [3.8, 4) is 0 Å². The molecular weight excluding hydrogens is 240 g/mol. The Balaban J connectivity index is 1.89. The number of ether oxygens (including phenoxy) is 2. The predicted molar refractivity (Wildman–Crippen MR) is 75.1 cm³/mol. The van der Waals surface area contributed by atoms with Gasteiger partial charge < -0.3 is 9.47 Å². The zero-order valence-electron chi connectivity index (χ0n) is 11.1. The molecule has 2 heterocycles. The Morgan fingerprint density at radius 3 is 2.89 bits per heavy atom. The maximum Gasteiger partial charge on any atom is 0.132 e. The van der Waals surface area contributed by atoms with Crippen LogP contribution in [0.3, 0.4) is 0 Å². The minimum absolute atomic E-state index is 0.494. The first-order valence-electron chi connectivity index (χ1n) is 6.60. The number of aryl methyl sites for hydroxylation is 1. The zero-order valence-corrected chi connectivity index (χ0v) is 11.1. The van der Waals surface area contributed by atoms with Crippen LogP contribution in [0.4, 0.5) is 0 Å². The Morgan fingerprint density at radius 2 is 2.21 bits per heavy atom. The van der Waals surface area contributed by atoms with Gasteiger partial charge in [-0.1, -0.05) is 18.2 Å². The molecule has 0 radical (unpaired) electrons. The molecular formula is C15H18N2O2. The van der Waals surface area contributed by atoms with Gasteiger partial charge in [-0.15, -0.1) is 0 Å². The average Bonchev–Trinajstić information content (AvgIpc) is 2.49. The van der Waals surface area contributed by atoms with Gasteiger partial charge >= 0.3 is 0 Å². The van der Waals surface area contributed by atoms with E-state index in [-0.39, 0.29) is 0 Å². The monoisotopic (exact) mass is 258 g/mol. The molecule has 19 heavy (non-hydrogen) atoms. The van der Waals surface area contributed by atoms with Crippen LogP contribution < -0.4 is 5.43 Å². The third-order valence-corrected chi connectivity index (χ3v) is 3.49. The Morgan fingerprint density at radius 1 is 1.26 bits per heavy atom. The van der Waals surface area contributed by atoms with Crippen molar-refractivity contribution in [3.05, 3.63) is 41.0 Å². The van der Waals surface area contributed by atoms with Crippen LogP contribution in [0, 0.1) is 6.92 Å². The van der Waals surface area contributed by atoms with Crippen molar-refractivity contribution >= 4 is 11.3 Å². The van der Waals surface area contributed by atoms with Gasteiger partial charge in [0.2, 0.25) is 0 Å². The highest BCUT2D eigenvalue weighted by Gasteiger charge is 2.12. The van der Waals surface area contributed by atoms with Crippen molar-refractivity contribution < 1.29 is 9.47 Å². The van der Waals surface area contributed by atoms with Gasteiger partial charge in [0.15, 0.2) is 0 Å². The van der Waals surface area contributed by atoms with Crippen molar-refractivity contribution in [2.45, 2.75) is 13.3 Å². The fraction of sp³-hybridized carbons (Fsp3) is 0.400. The summed E-state index contributed by atoms with van der Waals surface area (Å²) in [6.45, 7) is 4.75. The highest BCUT2D eigenvalue weighted by Crippen LogP contribution is 2.25. The van der Waals surface area contributed by atoms with Crippen molar-refractivity contribution in [1.82, 2.24) is 5.43 Å². The maximum atomic E-state index is 5.36. The van der Waals surface area contributed by atoms with E-state index in [1.807, 2.05) is 0 Å². The van der Waals surface area contributed by atoms with Gasteiger partial charge in [0, 0.05) is 5.56 Å². The van der Waals surface area contributed by atoms with E-state index in [2.05, 4.69) is 41.7 Å². The molecule has 2 aliphatic rings. The van der Waals surface area contributed by atoms with Gasteiger partial charge in [-0.05, 0) is 36.1 Å². The molecule has 4 nitrogen and oxygen atoms in total. The van der Waals surface area contributed by atoms with E-state index in [4.69, 9.17) is 9.47 Å². The maximum absolute atomic E-state index is 5.36. The summed E-state index contributed by atoms with van der Waals surface area (Å²) in [6.07, 6.45) is 3.17. The summed E-state index contributed by atoms with van der Waals surface area (Å²) in [6, 6.07) is 6.48. The van der Waals surface area contributed by atoms with E-state index in [0.29, 0.717) is 13.3 Å². The zero-order chi connectivity index (χ0) is 13.1. The van der Waals surface area contributed by atoms with E-state index < -0.39 is 0 Å². The second-order valence-corrected chi connectivity index (χ2v) is 4.79. The molecule has 1 N–H and O–H groups in total. The van der Waals surface area contributed by atoms with Gasteiger partial charge in [0.05, 0.1) is 25.5 Å². The smallest absolute Gasteiger partial charge is 0.132 e. The fourth-order valence-electron chi connectivity index (χ4n) is 2.48. The topological polar surface area (TPSA) is 42.9 Å². The Bertz CT molecular complexity index is 535. The Kier molecular flexibility index (Phi) is 3.62. The number of hydrogen-bond donors (Lipinski definition) is 1. The minimum atomic E-state index is 0.494. The molecule has 1 aromatic rings. The van der Waals surface area contributed by atoms with Crippen LogP contribution in [0.1, 0.15) is 23.1 Å². The summed E-state index contributed by atoms with van der Waals surface area (Å²) in [5.74, 6) is 0. The Hall–Kier alpha value is -1.65. The number of nitrogens with zero attached hydrogens (tertiary/aromatic N) is 1.